The topological polar surface area (TPSA) is 56.7 Å². The lowest BCUT2D eigenvalue weighted by molar-refractivity contribution is 0.800. The van der Waals surface area contributed by atoms with Crippen LogP contribution in [0.4, 0.5) is 5.69 Å². The van der Waals surface area contributed by atoms with E-state index in [2.05, 4.69) is 10.1 Å². The minimum atomic E-state index is 0.751. The largest absolute Gasteiger partial charge is 0.399 e. The Morgan fingerprint density at radius 3 is 2.65 bits per heavy atom. The van der Waals surface area contributed by atoms with Crippen molar-refractivity contribution in [3.8, 4) is 11.3 Å². The molecule has 0 unspecified atom stereocenters. The van der Waals surface area contributed by atoms with Crippen molar-refractivity contribution < 1.29 is 0 Å². The Morgan fingerprint density at radius 2 is 1.88 bits per heavy atom. The number of hydrogen-bond acceptors (Lipinski definition) is 3. The second kappa shape index (κ2) is 3.59. The first-order valence-corrected chi connectivity index (χ1v) is 5.38. The van der Waals surface area contributed by atoms with Gasteiger partial charge < -0.3 is 5.73 Å². The van der Waals surface area contributed by atoms with Gasteiger partial charge in [0.05, 0.1) is 5.52 Å². The number of rotatable bonds is 1. The maximum atomic E-state index is 5.83. The number of nitrogens with two attached hydrogens (primary N) is 1. The maximum absolute atomic E-state index is 5.83. The molecule has 0 saturated heterocycles. The number of nitrogen functional groups attached to an aromatic ring is 1. The van der Waals surface area contributed by atoms with Crippen molar-refractivity contribution in [2.75, 3.05) is 5.73 Å². The third-order valence-electron chi connectivity index (χ3n) is 2.83. The number of aromatic nitrogens is 3. The molecule has 4 heteroatoms. The van der Waals surface area contributed by atoms with Crippen LogP contribution in [0.15, 0.2) is 42.7 Å². The number of benzene rings is 1. The fraction of sp³-hybridized carbons (Fsp3) is 0.0769. The average molecular weight is 224 g/mol. The predicted molar refractivity (Wildman–Crippen MR) is 68.4 cm³/mol. The van der Waals surface area contributed by atoms with Crippen LogP contribution in [0.5, 0.6) is 0 Å². The van der Waals surface area contributed by atoms with Gasteiger partial charge in [0, 0.05) is 36.1 Å². The Bertz CT molecular complexity index is 670. The van der Waals surface area contributed by atoms with Crippen molar-refractivity contribution in [3.63, 3.8) is 0 Å². The molecule has 3 rings (SSSR count). The lowest BCUT2D eigenvalue weighted by atomic mass is 10.1. The Kier molecular flexibility index (Phi) is 2.08. The van der Waals surface area contributed by atoms with Gasteiger partial charge in [-0.25, -0.2) is 0 Å². The van der Waals surface area contributed by atoms with Crippen molar-refractivity contribution in [2.24, 2.45) is 7.05 Å². The molecule has 2 N–H and O–H groups in total. The molecule has 0 amide bonds. The first kappa shape index (κ1) is 9.84. The Hall–Kier alpha value is -2.36. The molecule has 0 bridgehead atoms. The van der Waals surface area contributed by atoms with Crippen LogP contribution in [0.3, 0.4) is 0 Å². The van der Waals surface area contributed by atoms with Crippen LogP contribution in [0, 0.1) is 0 Å². The predicted octanol–water partition coefficient (Wildman–Crippen LogP) is 2.22. The Morgan fingerprint density at radius 1 is 1.12 bits per heavy atom. The highest BCUT2D eigenvalue weighted by molar-refractivity contribution is 5.95. The molecule has 84 valence electrons. The van der Waals surface area contributed by atoms with E-state index in [1.54, 1.807) is 12.4 Å². The summed E-state index contributed by atoms with van der Waals surface area (Å²) in [6, 6.07) is 9.73. The van der Waals surface area contributed by atoms with Gasteiger partial charge in [-0.1, -0.05) is 0 Å². The number of aryl methyl sites for hydroxylation is 1. The van der Waals surface area contributed by atoms with Crippen LogP contribution in [-0.2, 0) is 7.05 Å². The van der Waals surface area contributed by atoms with Gasteiger partial charge in [-0.05, 0) is 30.3 Å². The van der Waals surface area contributed by atoms with E-state index in [9.17, 15) is 0 Å². The number of nitrogens with zero attached hydrogens (tertiary/aromatic N) is 3. The highest BCUT2D eigenvalue weighted by Crippen LogP contribution is 2.28. The van der Waals surface area contributed by atoms with Gasteiger partial charge in [-0.2, -0.15) is 5.10 Å². The summed E-state index contributed by atoms with van der Waals surface area (Å²) in [6.45, 7) is 0. The normalized spacial score (nSPS) is 10.9. The van der Waals surface area contributed by atoms with Crippen LogP contribution in [0.25, 0.3) is 22.2 Å². The fourth-order valence-corrected chi connectivity index (χ4v) is 2.01. The SMILES string of the molecule is Cn1nc(-c2ccncc2)c2cc(N)ccc21. The van der Waals surface area contributed by atoms with E-state index in [1.807, 2.05) is 42.1 Å². The standard InChI is InChI=1S/C13H12N4/c1-17-12-3-2-10(14)8-11(12)13(16-17)9-4-6-15-7-5-9/h2-8H,14H2,1H3. The average Bonchev–Trinajstić information content (AvgIpc) is 2.67. The number of pyridine rings is 1. The zero-order valence-electron chi connectivity index (χ0n) is 9.46. The van der Waals surface area contributed by atoms with E-state index < -0.39 is 0 Å². The van der Waals surface area contributed by atoms with Gasteiger partial charge in [0.2, 0.25) is 0 Å². The molecule has 0 aliphatic carbocycles. The second-order valence-corrected chi connectivity index (χ2v) is 3.98. The summed E-state index contributed by atoms with van der Waals surface area (Å²) in [5.74, 6) is 0. The van der Waals surface area contributed by atoms with Crippen molar-refractivity contribution in [2.45, 2.75) is 0 Å². The van der Waals surface area contributed by atoms with Crippen LogP contribution < -0.4 is 5.73 Å². The summed E-state index contributed by atoms with van der Waals surface area (Å²) >= 11 is 0. The van der Waals surface area contributed by atoms with Crippen molar-refractivity contribution in [3.05, 3.63) is 42.7 Å². The number of anilines is 1. The second-order valence-electron chi connectivity index (χ2n) is 3.98. The molecule has 0 saturated carbocycles. The van der Waals surface area contributed by atoms with E-state index in [1.165, 1.54) is 0 Å². The van der Waals surface area contributed by atoms with E-state index in [-0.39, 0.29) is 0 Å². The van der Waals surface area contributed by atoms with E-state index in [0.29, 0.717) is 0 Å². The summed E-state index contributed by atoms with van der Waals surface area (Å²) in [5.41, 5.74) is 9.65. The van der Waals surface area contributed by atoms with Crippen LogP contribution >= 0.6 is 0 Å². The highest BCUT2D eigenvalue weighted by atomic mass is 15.3. The molecule has 0 spiro atoms. The molecular formula is C13H12N4. The fourth-order valence-electron chi connectivity index (χ4n) is 2.01. The minimum Gasteiger partial charge on any atom is -0.399 e. The van der Waals surface area contributed by atoms with Gasteiger partial charge in [0.15, 0.2) is 0 Å². The first-order valence-electron chi connectivity index (χ1n) is 5.38. The van der Waals surface area contributed by atoms with Gasteiger partial charge in [-0.15, -0.1) is 0 Å². The maximum Gasteiger partial charge on any atom is 0.100 e. The summed E-state index contributed by atoms with van der Waals surface area (Å²) in [6.07, 6.45) is 3.53. The van der Waals surface area contributed by atoms with Crippen molar-refractivity contribution >= 4 is 16.6 Å². The zero-order chi connectivity index (χ0) is 11.8. The Balaban J connectivity index is 2.34. The smallest absolute Gasteiger partial charge is 0.100 e. The molecule has 1 aromatic carbocycles. The molecule has 3 aromatic rings. The number of fused-ring (bicyclic) bond motifs is 1. The molecule has 17 heavy (non-hydrogen) atoms. The quantitative estimate of drug-likeness (QED) is 0.645. The van der Waals surface area contributed by atoms with Crippen molar-refractivity contribution in [1.29, 1.82) is 0 Å². The van der Waals surface area contributed by atoms with Gasteiger partial charge in [0.25, 0.3) is 0 Å². The third kappa shape index (κ3) is 1.54. The summed E-state index contributed by atoms with van der Waals surface area (Å²) < 4.78 is 1.87. The van der Waals surface area contributed by atoms with E-state index >= 15 is 0 Å². The van der Waals surface area contributed by atoms with E-state index in [0.717, 1.165) is 27.8 Å². The minimum absolute atomic E-state index is 0.751. The molecule has 0 aliphatic heterocycles. The van der Waals surface area contributed by atoms with E-state index in [4.69, 9.17) is 5.73 Å². The van der Waals surface area contributed by atoms with Crippen LogP contribution in [0.1, 0.15) is 0 Å². The summed E-state index contributed by atoms with van der Waals surface area (Å²) in [4.78, 5) is 4.02. The Labute approximate surface area is 98.7 Å². The monoisotopic (exact) mass is 224 g/mol. The molecule has 2 heterocycles. The molecule has 0 atom stereocenters. The number of hydrogen-bond donors (Lipinski definition) is 1. The van der Waals surface area contributed by atoms with Gasteiger partial charge >= 0.3 is 0 Å². The van der Waals surface area contributed by atoms with Crippen molar-refractivity contribution in [1.82, 2.24) is 14.8 Å². The zero-order valence-corrected chi connectivity index (χ0v) is 9.46. The van der Waals surface area contributed by atoms with Crippen LogP contribution in [0.2, 0.25) is 0 Å². The molecule has 0 radical (unpaired) electrons. The summed E-state index contributed by atoms with van der Waals surface area (Å²) in [7, 11) is 1.93. The molecule has 2 aromatic heterocycles. The lowest BCUT2D eigenvalue weighted by Gasteiger charge is -1.97. The molecular weight excluding hydrogens is 212 g/mol. The lowest BCUT2D eigenvalue weighted by Crippen LogP contribution is -1.89. The van der Waals surface area contributed by atoms with Gasteiger partial charge in [0.1, 0.15) is 5.69 Å². The molecule has 4 nitrogen and oxygen atoms in total. The highest BCUT2D eigenvalue weighted by Gasteiger charge is 2.10. The first-order chi connectivity index (χ1) is 8.25. The molecule has 0 aliphatic rings. The third-order valence-corrected chi connectivity index (χ3v) is 2.83. The summed E-state index contributed by atoms with van der Waals surface area (Å²) in [5, 5.41) is 5.60. The van der Waals surface area contributed by atoms with Crippen LogP contribution in [-0.4, -0.2) is 14.8 Å². The molecule has 0 fully saturated rings. The van der Waals surface area contributed by atoms with Gasteiger partial charge in [-0.3, -0.25) is 9.67 Å².